The summed E-state index contributed by atoms with van der Waals surface area (Å²) in [5.74, 6) is -0.0304. The van der Waals surface area contributed by atoms with Crippen molar-refractivity contribution in [3.05, 3.63) is 29.8 Å². The van der Waals surface area contributed by atoms with Gasteiger partial charge in [-0.3, -0.25) is 9.79 Å². The van der Waals surface area contributed by atoms with Gasteiger partial charge >= 0.3 is 0 Å². The Kier molecular flexibility index (Phi) is 4.03. The number of carbonyl (C=O) groups excluding carboxylic acids is 1. The quantitative estimate of drug-likeness (QED) is 0.790. The number of piperazine rings is 1. The third-order valence-corrected chi connectivity index (χ3v) is 3.97. The first kappa shape index (κ1) is 14.2. The second-order valence-corrected chi connectivity index (χ2v) is 5.70. The largest absolute Gasteiger partial charge is 0.335 e. The summed E-state index contributed by atoms with van der Waals surface area (Å²) in [7, 11) is 2.06. The fourth-order valence-corrected chi connectivity index (χ4v) is 2.66. The summed E-state index contributed by atoms with van der Waals surface area (Å²) in [5, 5.41) is 0.406. The maximum absolute atomic E-state index is 12.8. The Hall–Kier alpha value is -1.72. The molecule has 0 aliphatic carbocycles. The first-order chi connectivity index (χ1) is 10.1. The van der Waals surface area contributed by atoms with E-state index in [1.54, 1.807) is 0 Å². The molecule has 1 fully saturated rings. The van der Waals surface area contributed by atoms with Crippen molar-refractivity contribution in [2.75, 3.05) is 39.8 Å². The third kappa shape index (κ3) is 2.99. The van der Waals surface area contributed by atoms with Crippen LogP contribution in [0.25, 0.3) is 0 Å². The predicted molar refractivity (Wildman–Crippen MR) is 84.9 cm³/mol. The highest BCUT2D eigenvalue weighted by molar-refractivity contribution is 6.66. The molecular weight excluding hydrogens is 288 g/mol. The Labute approximate surface area is 128 Å². The minimum Gasteiger partial charge on any atom is -0.335 e. The van der Waals surface area contributed by atoms with Crippen LogP contribution < -0.4 is 0 Å². The van der Waals surface area contributed by atoms with E-state index in [2.05, 4.69) is 21.9 Å². The Bertz CT molecular complexity index is 618. The molecule has 0 radical (unpaired) electrons. The number of likely N-dealkylation sites (N-methyl/N-ethyl adjacent to an activating group) is 1. The topological polar surface area (TPSA) is 48.3 Å². The van der Waals surface area contributed by atoms with Crippen molar-refractivity contribution >= 4 is 34.1 Å². The van der Waals surface area contributed by atoms with Crippen LogP contribution in [0, 0.1) is 0 Å². The average molecular weight is 305 g/mol. The molecular formula is C15H17ClN4O. The molecule has 1 amide bonds. The standard InChI is InChI=1S/C15H17ClN4O/c1-19-6-8-20(9-7-19)15(21)14-11-4-2-3-5-12(11)18-13(16)10-17-14/h2-5H,6-10H2,1H3. The van der Waals surface area contributed by atoms with Crippen LogP contribution in [0.1, 0.15) is 5.56 Å². The molecule has 0 unspecified atom stereocenters. The molecule has 0 bridgehead atoms. The summed E-state index contributed by atoms with van der Waals surface area (Å²) in [6, 6.07) is 7.51. The lowest BCUT2D eigenvalue weighted by Gasteiger charge is -2.32. The van der Waals surface area contributed by atoms with Gasteiger partial charge in [0.05, 0.1) is 12.2 Å². The zero-order valence-corrected chi connectivity index (χ0v) is 12.7. The van der Waals surface area contributed by atoms with Crippen LogP contribution >= 0.6 is 11.6 Å². The summed E-state index contributed by atoms with van der Waals surface area (Å²) in [6.07, 6.45) is 0. The van der Waals surface area contributed by atoms with Crippen LogP contribution in [-0.4, -0.2) is 66.4 Å². The third-order valence-electron chi connectivity index (χ3n) is 3.76. The lowest BCUT2D eigenvalue weighted by molar-refractivity contribution is -0.125. The minimum absolute atomic E-state index is 0.0304. The molecule has 3 rings (SSSR count). The number of halogens is 1. The highest BCUT2D eigenvalue weighted by Crippen LogP contribution is 2.24. The lowest BCUT2D eigenvalue weighted by atomic mass is 10.1. The number of carbonyl (C=O) groups is 1. The maximum atomic E-state index is 12.8. The molecule has 0 saturated carbocycles. The second kappa shape index (κ2) is 5.95. The number of aliphatic imine (C=N–C) groups is 2. The van der Waals surface area contributed by atoms with Gasteiger partial charge in [-0.2, -0.15) is 0 Å². The number of benzene rings is 1. The van der Waals surface area contributed by atoms with Crippen molar-refractivity contribution in [3.63, 3.8) is 0 Å². The van der Waals surface area contributed by atoms with E-state index in [-0.39, 0.29) is 12.5 Å². The molecule has 1 saturated heterocycles. The maximum Gasteiger partial charge on any atom is 0.272 e. The van der Waals surface area contributed by atoms with Gasteiger partial charge in [0, 0.05) is 31.7 Å². The van der Waals surface area contributed by atoms with Crippen molar-refractivity contribution in [1.82, 2.24) is 9.80 Å². The fraction of sp³-hybridized carbons (Fsp3) is 0.400. The smallest absolute Gasteiger partial charge is 0.272 e. The molecule has 21 heavy (non-hydrogen) atoms. The van der Waals surface area contributed by atoms with E-state index >= 15 is 0 Å². The van der Waals surface area contributed by atoms with Gasteiger partial charge in [0.2, 0.25) is 0 Å². The van der Waals surface area contributed by atoms with Gasteiger partial charge in [0.25, 0.3) is 5.91 Å². The van der Waals surface area contributed by atoms with E-state index in [0.717, 1.165) is 31.7 Å². The molecule has 110 valence electrons. The molecule has 6 heteroatoms. The molecule has 0 N–H and O–H groups in total. The van der Waals surface area contributed by atoms with Crippen molar-refractivity contribution in [3.8, 4) is 0 Å². The number of hydrogen-bond acceptors (Lipinski definition) is 4. The van der Waals surface area contributed by atoms with Gasteiger partial charge in [0.15, 0.2) is 0 Å². The Morgan fingerprint density at radius 1 is 1.19 bits per heavy atom. The first-order valence-corrected chi connectivity index (χ1v) is 7.37. The molecule has 5 nitrogen and oxygen atoms in total. The Balaban J connectivity index is 1.90. The van der Waals surface area contributed by atoms with Crippen LogP contribution in [-0.2, 0) is 4.79 Å². The Morgan fingerprint density at radius 2 is 1.90 bits per heavy atom. The predicted octanol–water partition coefficient (Wildman–Crippen LogP) is 1.53. The van der Waals surface area contributed by atoms with E-state index in [9.17, 15) is 4.79 Å². The number of para-hydroxylation sites is 1. The molecule has 1 aromatic rings. The van der Waals surface area contributed by atoms with Crippen molar-refractivity contribution in [1.29, 1.82) is 0 Å². The number of rotatable bonds is 1. The van der Waals surface area contributed by atoms with Gasteiger partial charge in [-0.25, -0.2) is 4.99 Å². The monoisotopic (exact) mass is 304 g/mol. The van der Waals surface area contributed by atoms with E-state index in [1.807, 2.05) is 29.2 Å². The Morgan fingerprint density at radius 3 is 2.67 bits per heavy atom. The fourth-order valence-electron chi connectivity index (χ4n) is 2.51. The van der Waals surface area contributed by atoms with Gasteiger partial charge in [-0.15, -0.1) is 0 Å². The summed E-state index contributed by atoms with van der Waals surface area (Å²) >= 11 is 6.04. The highest BCUT2D eigenvalue weighted by Gasteiger charge is 2.26. The number of amides is 1. The van der Waals surface area contributed by atoms with Crippen molar-refractivity contribution in [2.24, 2.45) is 9.98 Å². The summed E-state index contributed by atoms with van der Waals surface area (Å²) in [6.45, 7) is 3.48. The normalized spacial score (nSPS) is 19.4. The average Bonchev–Trinajstić information content (AvgIpc) is 2.65. The minimum atomic E-state index is -0.0304. The van der Waals surface area contributed by atoms with E-state index in [0.29, 0.717) is 16.6 Å². The highest BCUT2D eigenvalue weighted by atomic mass is 35.5. The second-order valence-electron chi connectivity index (χ2n) is 5.27. The van der Waals surface area contributed by atoms with Crippen molar-refractivity contribution in [2.45, 2.75) is 0 Å². The number of nitrogens with zero attached hydrogens (tertiary/aromatic N) is 4. The first-order valence-electron chi connectivity index (χ1n) is 7.00. The molecule has 0 atom stereocenters. The van der Waals surface area contributed by atoms with Gasteiger partial charge in [0.1, 0.15) is 10.9 Å². The van der Waals surface area contributed by atoms with E-state index in [1.165, 1.54) is 0 Å². The van der Waals surface area contributed by atoms with E-state index < -0.39 is 0 Å². The van der Waals surface area contributed by atoms with Crippen LogP contribution in [0.4, 0.5) is 5.69 Å². The molecule has 0 spiro atoms. The molecule has 1 aromatic carbocycles. The van der Waals surface area contributed by atoms with Crippen molar-refractivity contribution < 1.29 is 4.79 Å². The van der Waals surface area contributed by atoms with Crippen LogP contribution in [0.2, 0.25) is 0 Å². The zero-order chi connectivity index (χ0) is 14.8. The van der Waals surface area contributed by atoms with Crippen LogP contribution in [0.3, 0.4) is 0 Å². The summed E-state index contributed by atoms with van der Waals surface area (Å²) in [4.78, 5) is 25.5. The van der Waals surface area contributed by atoms with E-state index in [4.69, 9.17) is 11.6 Å². The molecule has 0 aromatic heterocycles. The van der Waals surface area contributed by atoms with Crippen LogP contribution in [0.15, 0.2) is 34.3 Å². The lowest BCUT2D eigenvalue weighted by Crippen LogP contribution is -2.49. The molecule has 2 heterocycles. The number of fused-ring (bicyclic) bond motifs is 1. The summed E-state index contributed by atoms with van der Waals surface area (Å²) < 4.78 is 0. The zero-order valence-electron chi connectivity index (χ0n) is 11.9. The SMILES string of the molecule is CN1CCN(C(=O)C2=NCC(Cl)=Nc3ccccc32)CC1. The molecule has 2 aliphatic rings. The molecule has 2 aliphatic heterocycles. The number of hydrogen-bond donors (Lipinski definition) is 0. The van der Waals surface area contributed by atoms with Gasteiger partial charge in [-0.1, -0.05) is 29.8 Å². The van der Waals surface area contributed by atoms with Gasteiger partial charge < -0.3 is 9.80 Å². The van der Waals surface area contributed by atoms with Crippen LogP contribution in [0.5, 0.6) is 0 Å². The van der Waals surface area contributed by atoms with Gasteiger partial charge in [-0.05, 0) is 13.1 Å². The summed E-state index contributed by atoms with van der Waals surface area (Å²) in [5.41, 5.74) is 1.94.